The van der Waals surface area contributed by atoms with Gasteiger partial charge in [0.15, 0.2) is 0 Å². The minimum absolute atomic E-state index is 0.156. The van der Waals surface area contributed by atoms with E-state index in [-0.39, 0.29) is 18.9 Å². The summed E-state index contributed by atoms with van der Waals surface area (Å²) < 4.78 is 37.2. The highest BCUT2D eigenvalue weighted by atomic mass is 19.4. The second-order valence-electron chi connectivity index (χ2n) is 5.76. The van der Waals surface area contributed by atoms with Crippen LogP contribution in [0.4, 0.5) is 13.2 Å². The molecule has 1 rings (SSSR count). The Bertz CT molecular complexity index is 475. The number of carbonyl (C=O) groups is 1. The van der Waals surface area contributed by atoms with Crippen molar-refractivity contribution in [2.45, 2.75) is 38.5 Å². The van der Waals surface area contributed by atoms with Crippen LogP contribution >= 0.6 is 0 Å². The van der Waals surface area contributed by atoms with Crippen LogP contribution < -0.4 is 0 Å². The molecule has 3 nitrogen and oxygen atoms in total. The smallest absolute Gasteiger partial charge is 0.389 e. The van der Waals surface area contributed by atoms with E-state index in [2.05, 4.69) is 0 Å². The number of aryl methyl sites for hydroxylation is 1. The third-order valence-electron chi connectivity index (χ3n) is 2.96. The first kappa shape index (κ1) is 17.5. The molecule has 1 amide bonds. The van der Waals surface area contributed by atoms with Crippen molar-refractivity contribution in [1.29, 1.82) is 0 Å². The number of nitrogens with zero attached hydrogens (tertiary/aromatic N) is 1. The van der Waals surface area contributed by atoms with Crippen LogP contribution in [0.25, 0.3) is 0 Å². The van der Waals surface area contributed by atoms with Gasteiger partial charge in [-0.05, 0) is 38.0 Å². The zero-order chi connectivity index (χ0) is 16.3. The average molecular weight is 303 g/mol. The highest BCUT2D eigenvalue weighted by Crippen LogP contribution is 2.29. The summed E-state index contributed by atoms with van der Waals surface area (Å²) >= 11 is 0. The standard InChI is InChI=1S/C15H20F3NO2/c1-14(2,21)10-19(3)13(20)9-6-11-4-7-12(8-5-11)15(16,17)18/h4-5,7-8,21H,6,9-10H2,1-3H3. The molecule has 118 valence electrons. The normalized spacial score (nSPS) is 12.3. The van der Waals surface area contributed by atoms with E-state index in [1.807, 2.05) is 0 Å². The molecule has 0 saturated carbocycles. The summed E-state index contributed by atoms with van der Waals surface area (Å²) in [6.07, 6.45) is -3.79. The first-order valence-electron chi connectivity index (χ1n) is 6.61. The van der Waals surface area contributed by atoms with Crippen LogP contribution in [0.5, 0.6) is 0 Å². The lowest BCUT2D eigenvalue weighted by Gasteiger charge is -2.25. The number of amides is 1. The highest BCUT2D eigenvalue weighted by molar-refractivity contribution is 5.76. The summed E-state index contributed by atoms with van der Waals surface area (Å²) in [5.74, 6) is -0.156. The van der Waals surface area contributed by atoms with Crippen LogP contribution in [-0.2, 0) is 17.4 Å². The van der Waals surface area contributed by atoms with Gasteiger partial charge in [0.25, 0.3) is 0 Å². The summed E-state index contributed by atoms with van der Waals surface area (Å²) in [6.45, 7) is 3.41. The molecule has 0 unspecified atom stereocenters. The number of hydrogen-bond donors (Lipinski definition) is 1. The zero-order valence-electron chi connectivity index (χ0n) is 12.4. The van der Waals surface area contributed by atoms with Crippen molar-refractivity contribution >= 4 is 5.91 Å². The van der Waals surface area contributed by atoms with Gasteiger partial charge >= 0.3 is 6.18 Å². The van der Waals surface area contributed by atoms with E-state index in [1.54, 1.807) is 20.9 Å². The third-order valence-corrected chi connectivity index (χ3v) is 2.96. The zero-order valence-corrected chi connectivity index (χ0v) is 12.4. The fraction of sp³-hybridized carbons (Fsp3) is 0.533. The lowest BCUT2D eigenvalue weighted by Crippen LogP contribution is -2.39. The van der Waals surface area contributed by atoms with Gasteiger partial charge < -0.3 is 10.0 Å². The molecule has 0 aliphatic heterocycles. The summed E-state index contributed by atoms with van der Waals surface area (Å²) in [6, 6.07) is 4.79. The molecule has 21 heavy (non-hydrogen) atoms. The molecule has 0 fully saturated rings. The van der Waals surface area contributed by atoms with Crippen LogP contribution in [0.3, 0.4) is 0 Å². The van der Waals surface area contributed by atoms with E-state index in [9.17, 15) is 23.1 Å². The van der Waals surface area contributed by atoms with Gasteiger partial charge in [-0.25, -0.2) is 0 Å². The molecule has 0 aliphatic rings. The molecule has 1 aromatic rings. The quantitative estimate of drug-likeness (QED) is 0.908. The molecule has 1 N–H and O–H groups in total. The van der Waals surface area contributed by atoms with E-state index < -0.39 is 17.3 Å². The molecule has 6 heteroatoms. The minimum atomic E-state index is -4.35. The van der Waals surface area contributed by atoms with Gasteiger partial charge in [0.05, 0.1) is 11.2 Å². The van der Waals surface area contributed by atoms with Crippen LogP contribution in [0, 0.1) is 0 Å². The van der Waals surface area contributed by atoms with Crippen LogP contribution in [0.2, 0.25) is 0 Å². The molecular weight excluding hydrogens is 283 g/mol. The number of aliphatic hydroxyl groups is 1. The van der Waals surface area contributed by atoms with Gasteiger partial charge in [0, 0.05) is 20.0 Å². The number of carbonyl (C=O) groups excluding carboxylic acids is 1. The number of likely N-dealkylation sites (N-methyl/N-ethyl adjacent to an activating group) is 1. The Hall–Kier alpha value is -1.56. The summed E-state index contributed by atoms with van der Waals surface area (Å²) in [5, 5.41) is 9.63. The maximum atomic E-state index is 12.4. The fourth-order valence-corrected chi connectivity index (χ4v) is 1.97. The van der Waals surface area contributed by atoms with Gasteiger partial charge in [-0.3, -0.25) is 4.79 Å². The van der Waals surface area contributed by atoms with Crippen molar-refractivity contribution in [1.82, 2.24) is 4.90 Å². The predicted molar refractivity (Wildman–Crippen MR) is 73.7 cm³/mol. The molecule has 0 aromatic heterocycles. The maximum absolute atomic E-state index is 12.4. The highest BCUT2D eigenvalue weighted by Gasteiger charge is 2.29. The minimum Gasteiger partial charge on any atom is -0.389 e. The first-order valence-corrected chi connectivity index (χ1v) is 6.61. The van der Waals surface area contributed by atoms with Crippen molar-refractivity contribution in [2.24, 2.45) is 0 Å². The second kappa shape index (κ2) is 6.47. The van der Waals surface area contributed by atoms with E-state index in [0.29, 0.717) is 12.0 Å². The molecule has 0 saturated heterocycles. The third kappa shape index (κ3) is 6.16. The summed E-state index contributed by atoms with van der Waals surface area (Å²) in [4.78, 5) is 13.3. The molecule has 1 aromatic carbocycles. The Balaban J connectivity index is 2.54. The molecular formula is C15H20F3NO2. The van der Waals surface area contributed by atoms with E-state index in [0.717, 1.165) is 12.1 Å². The van der Waals surface area contributed by atoms with Gasteiger partial charge in [0.1, 0.15) is 0 Å². The number of benzene rings is 1. The molecule has 0 aliphatic carbocycles. The Morgan fingerprint density at radius 2 is 1.71 bits per heavy atom. The largest absolute Gasteiger partial charge is 0.416 e. The maximum Gasteiger partial charge on any atom is 0.416 e. The Morgan fingerprint density at radius 3 is 2.14 bits per heavy atom. The van der Waals surface area contributed by atoms with Crippen molar-refractivity contribution in [3.63, 3.8) is 0 Å². The lowest BCUT2D eigenvalue weighted by molar-refractivity contribution is -0.137. The van der Waals surface area contributed by atoms with E-state index >= 15 is 0 Å². The summed E-state index contributed by atoms with van der Waals surface area (Å²) in [7, 11) is 1.59. The monoisotopic (exact) mass is 303 g/mol. The molecule has 0 atom stereocenters. The Labute approximate surface area is 122 Å². The number of halogens is 3. The topological polar surface area (TPSA) is 40.5 Å². The van der Waals surface area contributed by atoms with Crippen LogP contribution in [-0.4, -0.2) is 35.1 Å². The summed E-state index contributed by atoms with van der Waals surface area (Å²) in [5.41, 5.74) is -0.997. The number of hydrogen-bond acceptors (Lipinski definition) is 2. The van der Waals surface area contributed by atoms with Crippen LogP contribution in [0.1, 0.15) is 31.4 Å². The number of alkyl halides is 3. The van der Waals surface area contributed by atoms with Gasteiger partial charge in [-0.15, -0.1) is 0 Å². The SMILES string of the molecule is CN(CC(C)(C)O)C(=O)CCc1ccc(C(F)(F)F)cc1. The van der Waals surface area contributed by atoms with Gasteiger partial charge in [0.2, 0.25) is 5.91 Å². The average Bonchev–Trinajstić information content (AvgIpc) is 2.33. The lowest BCUT2D eigenvalue weighted by atomic mass is 10.1. The second-order valence-corrected chi connectivity index (χ2v) is 5.76. The Morgan fingerprint density at radius 1 is 1.19 bits per heavy atom. The first-order chi connectivity index (χ1) is 9.49. The van der Waals surface area contributed by atoms with Gasteiger partial charge in [-0.1, -0.05) is 12.1 Å². The molecule has 0 heterocycles. The predicted octanol–water partition coefficient (Wildman–Crippen LogP) is 2.87. The Kier molecular flexibility index (Phi) is 5.39. The van der Waals surface area contributed by atoms with Crippen LogP contribution in [0.15, 0.2) is 24.3 Å². The van der Waals surface area contributed by atoms with E-state index in [1.165, 1.54) is 17.0 Å². The molecule has 0 spiro atoms. The molecule has 0 bridgehead atoms. The van der Waals surface area contributed by atoms with Gasteiger partial charge in [-0.2, -0.15) is 13.2 Å². The van der Waals surface area contributed by atoms with Crippen molar-refractivity contribution < 1.29 is 23.1 Å². The van der Waals surface area contributed by atoms with Crippen molar-refractivity contribution in [3.8, 4) is 0 Å². The number of rotatable bonds is 5. The van der Waals surface area contributed by atoms with Crippen molar-refractivity contribution in [3.05, 3.63) is 35.4 Å². The fourth-order valence-electron chi connectivity index (χ4n) is 1.97. The van der Waals surface area contributed by atoms with Crippen molar-refractivity contribution in [2.75, 3.05) is 13.6 Å². The van der Waals surface area contributed by atoms with E-state index in [4.69, 9.17) is 0 Å². The molecule has 0 radical (unpaired) electrons.